The summed E-state index contributed by atoms with van der Waals surface area (Å²) in [5.41, 5.74) is 0.0192. The number of aliphatic imine (C=N–C) groups is 1. The molecule has 0 bridgehead atoms. The van der Waals surface area contributed by atoms with E-state index in [1.54, 1.807) is 0 Å². The molecular weight excluding hydrogens is 198 g/mol. The van der Waals surface area contributed by atoms with Crippen LogP contribution in [-0.4, -0.2) is 47.5 Å². The highest BCUT2D eigenvalue weighted by Crippen LogP contribution is 2.32. The Morgan fingerprint density at radius 2 is 1.44 bits per heavy atom. The van der Waals surface area contributed by atoms with E-state index in [0.717, 1.165) is 0 Å². The second-order valence-corrected chi connectivity index (χ2v) is 6.22. The van der Waals surface area contributed by atoms with Gasteiger partial charge in [0.25, 0.3) is 0 Å². The van der Waals surface area contributed by atoms with Gasteiger partial charge in [-0.2, -0.15) is 0 Å². The fourth-order valence-electron chi connectivity index (χ4n) is 3.00. The standard InChI is InChI=1S/C13H25N3/c1-13(2,3)14-12-15(4)10-8-6-7-9-11(10)16(12)5/h10-11H,6-9H2,1-5H3/t10-,11-/m1/s1. The van der Waals surface area contributed by atoms with E-state index in [-0.39, 0.29) is 5.54 Å². The van der Waals surface area contributed by atoms with Gasteiger partial charge in [0, 0.05) is 14.1 Å². The second kappa shape index (κ2) is 3.94. The summed E-state index contributed by atoms with van der Waals surface area (Å²) in [5.74, 6) is 1.18. The summed E-state index contributed by atoms with van der Waals surface area (Å²) in [6.07, 6.45) is 5.41. The molecule has 1 aliphatic carbocycles. The molecule has 2 fully saturated rings. The largest absolute Gasteiger partial charge is 0.341 e. The van der Waals surface area contributed by atoms with Gasteiger partial charge in [0.2, 0.25) is 0 Å². The predicted molar refractivity (Wildman–Crippen MR) is 68.8 cm³/mol. The van der Waals surface area contributed by atoms with Crippen molar-refractivity contribution >= 4 is 5.96 Å². The van der Waals surface area contributed by atoms with E-state index in [4.69, 9.17) is 4.99 Å². The fraction of sp³-hybridized carbons (Fsp3) is 0.923. The van der Waals surface area contributed by atoms with Crippen molar-refractivity contribution in [3.63, 3.8) is 0 Å². The van der Waals surface area contributed by atoms with Crippen molar-refractivity contribution in [2.24, 2.45) is 4.99 Å². The van der Waals surface area contributed by atoms with Crippen LogP contribution in [0.5, 0.6) is 0 Å². The van der Waals surface area contributed by atoms with E-state index in [9.17, 15) is 0 Å². The third-order valence-corrected chi connectivity index (χ3v) is 3.76. The summed E-state index contributed by atoms with van der Waals surface area (Å²) in [5, 5.41) is 0. The molecule has 0 aromatic carbocycles. The molecule has 1 aliphatic heterocycles. The molecule has 0 unspecified atom stereocenters. The molecule has 0 N–H and O–H groups in total. The Hall–Kier alpha value is -0.730. The summed E-state index contributed by atoms with van der Waals surface area (Å²) < 4.78 is 0. The van der Waals surface area contributed by atoms with E-state index in [1.807, 2.05) is 0 Å². The van der Waals surface area contributed by atoms with E-state index >= 15 is 0 Å². The van der Waals surface area contributed by atoms with Crippen molar-refractivity contribution < 1.29 is 0 Å². The lowest BCUT2D eigenvalue weighted by molar-refractivity contribution is 0.233. The monoisotopic (exact) mass is 223 g/mol. The van der Waals surface area contributed by atoms with Crippen molar-refractivity contribution in [1.82, 2.24) is 9.80 Å². The molecule has 1 saturated heterocycles. The molecule has 2 rings (SSSR count). The van der Waals surface area contributed by atoms with Crippen LogP contribution < -0.4 is 0 Å². The third kappa shape index (κ3) is 2.04. The van der Waals surface area contributed by atoms with Gasteiger partial charge in [-0.1, -0.05) is 12.8 Å². The van der Waals surface area contributed by atoms with Crippen LogP contribution in [0.1, 0.15) is 46.5 Å². The van der Waals surface area contributed by atoms with Gasteiger partial charge in [0.05, 0.1) is 17.6 Å². The van der Waals surface area contributed by atoms with Gasteiger partial charge in [0.1, 0.15) is 0 Å². The second-order valence-electron chi connectivity index (χ2n) is 6.22. The Kier molecular flexibility index (Phi) is 2.89. The maximum atomic E-state index is 4.86. The lowest BCUT2D eigenvalue weighted by Gasteiger charge is -2.29. The molecule has 0 amide bonds. The first kappa shape index (κ1) is 11.7. The van der Waals surface area contributed by atoms with Crippen molar-refractivity contribution in [3.8, 4) is 0 Å². The molecule has 16 heavy (non-hydrogen) atoms. The third-order valence-electron chi connectivity index (χ3n) is 3.76. The van der Waals surface area contributed by atoms with Crippen LogP contribution in [-0.2, 0) is 0 Å². The summed E-state index contributed by atoms with van der Waals surface area (Å²) >= 11 is 0. The van der Waals surface area contributed by atoms with E-state index in [1.165, 1.54) is 31.6 Å². The zero-order valence-corrected chi connectivity index (χ0v) is 11.3. The minimum Gasteiger partial charge on any atom is -0.341 e. The first-order valence-corrected chi connectivity index (χ1v) is 6.46. The lowest BCUT2D eigenvalue weighted by atomic mass is 9.91. The van der Waals surface area contributed by atoms with Crippen LogP contribution in [0.3, 0.4) is 0 Å². The Bertz CT molecular complexity index is 270. The number of likely N-dealkylation sites (N-methyl/N-ethyl adjacent to an activating group) is 2. The molecule has 0 aromatic heterocycles. The average Bonchev–Trinajstić information content (AvgIpc) is 2.43. The molecule has 1 saturated carbocycles. The smallest absolute Gasteiger partial charge is 0.197 e. The van der Waals surface area contributed by atoms with Gasteiger partial charge < -0.3 is 9.80 Å². The molecule has 0 aromatic rings. The summed E-state index contributed by atoms with van der Waals surface area (Å²) in [4.78, 5) is 9.66. The van der Waals surface area contributed by atoms with Crippen LogP contribution in [0.4, 0.5) is 0 Å². The number of rotatable bonds is 0. The molecule has 0 radical (unpaired) electrons. The highest BCUT2D eigenvalue weighted by Gasteiger charge is 2.41. The number of hydrogen-bond acceptors (Lipinski definition) is 1. The molecule has 2 atom stereocenters. The summed E-state index contributed by atoms with van der Waals surface area (Å²) in [6, 6.07) is 1.39. The Balaban J connectivity index is 2.25. The van der Waals surface area contributed by atoms with Crippen LogP contribution in [0.2, 0.25) is 0 Å². The van der Waals surface area contributed by atoms with Gasteiger partial charge in [0.15, 0.2) is 5.96 Å². The normalized spacial score (nSPS) is 30.7. The minimum atomic E-state index is 0.0192. The zero-order chi connectivity index (χ0) is 11.9. The SMILES string of the molecule is CN1C(=NC(C)(C)C)N(C)[C@@H]2CCCC[C@H]21. The van der Waals surface area contributed by atoms with Crippen LogP contribution in [0, 0.1) is 0 Å². The molecule has 1 heterocycles. The van der Waals surface area contributed by atoms with Crippen LogP contribution in [0.15, 0.2) is 4.99 Å². The Labute approximate surface area is 99.5 Å². The summed E-state index contributed by atoms with van der Waals surface area (Å²) in [7, 11) is 4.41. The van der Waals surface area contributed by atoms with Crippen LogP contribution in [0.25, 0.3) is 0 Å². The van der Waals surface area contributed by atoms with Crippen LogP contribution >= 0.6 is 0 Å². The van der Waals surface area contributed by atoms with Gasteiger partial charge in [-0.3, -0.25) is 0 Å². The first-order chi connectivity index (χ1) is 7.40. The lowest BCUT2D eigenvalue weighted by Crippen LogP contribution is -2.37. The number of hydrogen-bond donors (Lipinski definition) is 0. The van der Waals surface area contributed by atoms with E-state index < -0.39 is 0 Å². The van der Waals surface area contributed by atoms with Crippen molar-refractivity contribution in [2.75, 3.05) is 14.1 Å². The number of nitrogens with zero attached hydrogens (tertiary/aromatic N) is 3. The zero-order valence-electron chi connectivity index (χ0n) is 11.3. The molecule has 92 valence electrons. The van der Waals surface area contributed by atoms with Gasteiger partial charge in [-0.15, -0.1) is 0 Å². The maximum absolute atomic E-state index is 4.86. The Morgan fingerprint density at radius 3 is 1.81 bits per heavy atom. The average molecular weight is 223 g/mol. The quantitative estimate of drug-likeness (QED) is 0.627. The molecule has 2 aliphatic rings. The fourth-order valence-corrected chi connectivity index (χ4v) is 3.00. The number of fused-ring (bicyclic) bond motifs is 1. The van der Waals surface area contributed by atoms with Crippen molar-refractivity contribution in [3.05, 3.63) is 0 Å². The highest BCUT2D eigenvalue weighted by molar-refractivity contribution is 5.83. The molecule has 3 heteroatoms. The molecular formula is C13H25N3. The predicted octanol–water partition coefficient (Wildman–Crippen LogP) is 2.33. The number of guanidine groups is 1. The summed E-state index contributed by atoms with van der Waals surface area (Å²) in [6.45, 7) is 6.51. The molecule has 0 spiro atoms. The van der Waals surface area contributed by atoms with Crippen molar-refractivity contribution in [1.29, 1.82) is 0 Å². The van der Waals surface area contributed by atoms with Gasteiger partial charge in [-0.05, 0) is 33.6 Å². The Morgan fingerprint density at radius 1 is 1.00 bits per heavy atom. The maximum Gasteiger partial charge on any atom is 0.197 e. The van der Waals surface area contributed by atoms with Crippen molar-refractivity contribution in [2.45, 2.75) is 64.1 Å². The molecule has 3 nitrogen and oxygen atoms in total. The van der Waals surface area contributed by atoms with E-state index in [2.05, 4.69) is 44.7 Å². The van der Waals surface area contributed by atoms with Gasteiger partial charge in [-0.25, -0.2) is 4.99 Å². The first-order valence-electron chi connectivity index (χ1n) is 6.46. The van der Waals surface area contributed by atoms with Gasteiger partial charge >= 0.3 is 0 Å². The topological polar surface area (TPSA) is 18.8 Å². The minimum absolute atomic E-state index is 0.0192. The highest BCUT2D eigenvalue weighted by atomic mass is 15.5. The van der Waals surface area contributed by atoms with E-state index in [0.29, 0.717) is 12.1 Å².